The predicted molar refractivity (Wildman–Crippen MR) is 75.2 cm³/mol. The van der Waals surface area contributed by atoms with Crippen LogP contribution in [0.15, 0.2) is 27.4 Å². The number of benzene rings is 1. The Morgan fingerprint density at radius 1 is 1.40 bits per heavy atom. The van der Waals surface area contributed by atoms with Crippen LogP contribution >= 0.6 is 0 Å². The van der Waals surface area contributed by atoms with Crippen molar-refractivity contribution >= 4 is 22.8 Å². The molecule has 1 N–H and O–H groups in total. The molecule has 0 fully saturated rings. The summed E-state index contributed by atoms with van der Waals surface area (Å²) in [6.45, 7) is 3.04. The van der Waals surface area contributed by atoms with E-state index in [9.17, 15) is 14.7 Å². The molecule has 0 amide bonds. The molecule has 20 heavy (non-hydrogen) atoms. The molecule has 0 unspecified atom stereocenters. The van der Waals surface area contributed by atoms with Crippen LogP contribution < -0.4 is 10.2 Å². The number of aromatic hydroxyl groups is 1. The van der Waals surface area contributed by atoms with Gasteiger partial charge in [-0.1, -0.05) is 0 Å². The number of aryl methyl sites for hydroxylation is 1. The van der Waals surface area contributed by atoms with E-state index in [-0.39, 0.29) is 27.9 Å². The number of phenolic OH excluding ortho intramolecular Hbond substituents is 1. The smallest absolute Gasteiger partial charge is 0.196 e. The fourth-order valence-corrected chi connectivity index (χ4v) is 1.96. The van der Waals surface area contributed by atoms with Gasteiger partial charge in [0.15, 0.2) is 16.8 Å². The van der Waals surface area contributed by atoms with Crippen molar-refractivity contribution in [2.45, 2.75) is 13.8 Å². The van der Waals surface area contributed by atoms with Crippen molar-refractivity contribution in [1.82, 2.24) is 0 Å². The summed E-state index contributed by atoms with van der Waals surface area (Å²) in [5.41, 5.74) is 0.294. The summed E-state index contributed by atoms with van der Waals surface area (Å²) in [5, 5.41) is 9.99. The van der Waals surface area contributed by atoms with E-state index in [0.717, 1.165) is 0 Å². The molecular formula is C15H14O5. The van der Waals surface area contributed by atoms with E-state index < -0.39 is 0 Å². The minimum atomic E-state index is -0.346. The van der Waals surface area contributed by atoms with E-state index >= 15 is 0 Å². The average Bonchev–Trinajstić information content (AvgIpc) is 2.35. The summed E-state index contributed by atoms with van der Waals surface area (Å²) in [6.07, 6.45) is 2.85. The minimum absolute atomic E-state index is 0.0691. The Labute approximate surface area is 115 Å². The second kappa shape index (κ2) is 5.21. The van der Waals surface area contributed by atoms with Gasteiger partial charge in [-0.2, -0.15) is 0 Å². The molecule has 0 aliphatic heterocycles. The maximum atomic E-state index is 12.0. The Hall–Kier alpha value is -2.56. The largest absolute Gasteiger partial charge is 0.507 e. The molecule has 0 atom stereocenters. The van der Waals surface area contributed by atoms with Gasteiger partial charge < -0.3 is 14.3 Å². The quantitative estimate of drug-likeness (QED) is 0.870. The monoisotopic (exact) mass is 274 g/mol. The zero-order chi connectivity index (χ0) is 14.9. The highest BCUT2D eigenvalue weighted by Gasteiger charge is 2.16. The summed E-state index contributed by atoms with van der Waals surface area (Å²) in [7, 11) is 1.43. The number of carbonyl (C=O) groups excluding carboxylic acids is 1. The number of allylic oxidation sites excluding steroid dienone is 1. The maximum absolute atomic E-state index is 12.0. The van der Waals surface area contributed by atoms with Gasteiger partial charge in [-0.05, 0) is 26.0 Å². The molecule has 0 aliphatic carbocycles. The lowest BCUT2D eigenvalue weighted by Crippen LogP contribution is -2.03. The first-order valence-corrected chi connectivity index (χ1v) is 5.97. The van der Waals surface area contributed by atoms with Crippen molar-refractivity contribution in [3.8, 4) is 11.5 Å². The summed E-state index contributed by atoms with van der Waals surface area (Å²) in [4.78, 5) is 23.0. The number of hydrogen-bond donors (Lipinski definition) is 1. The van der Waals surface area contributed by atoms with E-state index in [1.165, 1.54) is 38.3 Å². The number of phenols is 1. The zero-order valence-corrected chi connectivity index (χ0v) is 11.4. The molecule has 1 heterocycles. The number of ketones is 1. The molecule has 104 valence electrons. The molecule has 1 aromatic heterocycles. The SMILES string of the molecule is COc1cc(O)c2c(=O)cc(C)oc2c1/C=C/C(C)=O. The van der Waals surface area contributed by atoms with Gasteiger partial charge in [-0.3, -0.25) is 9.59 Å². The standard InChI is InChI=1S/C15H14O5/c1-8(16)4-5-10-13(19-3)7-12(18)14-11(17)6-9(2)20-15(10)14/h4-7,18H,1-3H3/b5-4+. The van der Waals surface area contributed by atoms with Crippen LogP contribution in [0.4, 0.5) is 0 Å². The Morgan fingerprint density at radius 3 is 2.70 bits per heavy atom. The summed E-state index contributed by atoms with van der Waals surface area (Å²) < 4.78 is 10.7. The molecule has 5 nitrogen and oxygen atoms in total. The first kappa shape index (κ1) is 13.9. The summed E-state index contributed by atoms with van der Waals surface area (Å²) in [5.74, 6) is 0.364. The minimum Gasteiger partial charge on any atom is -0.507 e. The van der Waals surface area contributed by atoms with Crippen LogP contribution in [0.3, 0.4) is 0 Å². The van der Waals surface area contributed by atoms with Gasteiger partial charge in [0.1, 0.15) is 22.6 Å². The van der Waals surface area contributed by atoms with Gasteiger partial charge in [0.2, 0.25) is 0 Å². The molecule has 0 saturated heterocycles. The number of rotatable bonds is 3. The maximum Gasteiger partial charge on any atom is 0.196 e. The lowest BCUT2D eigenvalue weighted by Gasteiger charge is -2.10. The highest BCUT2D eigenvalue weighted by atomic mass is 16.5. The third kappa shape index (κ3) is 2.42. The van der Waals surface area contributed by atoms with Crippen LogP contribution in [-0.2, 0) is 4.79 Å². The molecule has 0 radical (unpaired) electrons. The number of ether oxygens (including phenoxy) is 1. The Kier molecular flexibility index (Phi) is 3.61. The first-order valence-electron chi connectivity index (χ1n) is 5.97. The fourth-order valence-electron chi connectivity index (χ4n) is 1.96. The van der Waals surface area contributed by atoms with Crippen molar-refractivity contribution in [3.05, 3.63) is 39.8 Å². The Morgan fingerprint density at radius 2 is 2.10 bits per heavy atom. The van der Waals surface area contributed by atoms with Crippen LogP contribution in [0.2, 0.25) is 0 Å². The van der Waals surface area contributed by atoms with Gasteiger partial charge >= 0.3 is 0 Å². The molecule has 2 aromatic rings. The number of hydrogen-bond acceptors (Lipinski definition) is 5. The van der Waals surface area contributed by atoms with Gasteiger partial charge in [0.25, 0.3) is 0 Å². The predicted octanol–water partition coefficient (Wildman–Crippen LogP) is 2.42. The van der Waals surface area contributed by atoms with Gasteiger partial charge in [-0.25, -0.2) is 0 Å². The second-order valence-electron chi connectivity index (χ2n) is 4.38. The first-order chi connectivity index (χ1) is 9.43. The lowest BCUT2D eigenvalue weighted by molar-refractivity contribution is -0.112. The molecule has 5 heteroatoms. The zero-order valence-electron chi connectivity index (χ0n) is 11.4. The van der Waals surface area contributed by atoms with Gasteiger partial charge in [-0.15, -0.1) is 0 Å². The second-order valence-corrected chi connectivity index (χ2v) is 4.38. The molecule has 1 aromatic carbocycles. The normalized spacial score (nSPS) is 11.2. The molecule has 2 rings (SSSR count). The summed E-state index contributed by atoms with van der Waals surface area (Å²) in [6, 6.07) is 2.63. The number of carbonyl (C=O) groups is 1. The van der Waals surface area contributed by atoms with Gasteiger partial charge in [0.05, 0.1) is 12.7 Å². The van der Waals surface area contributed by atoms with E-state index in [2.05, 4.69) is 0 Å². The summed E-state index contributed by atoms with van der Waals surface area (Å²) >= 11 is 0. The topological polar surface area (TPSA) is 76.7 Å². The van der Waals surface area contributed by atoms with Gasteiger partial charge in [0, 0.05) is 12.1 Å². The highest BCUT2D eigenvalue weighted by molar-refractivity contribution is 5.97. The fraction of sp³-hybridized carbons (Fsp3) is 0.200. The lowest BCUT2D eigenvalue weighted by atomic mass is 10.1. The van der Waals surface area contributed by atoms with E-state index in [1.54, 1.807) is 6.92 Å². The van der Waals surface area contributed by atoms with Crippen LogP contribution in [0.1, 0.15) is 18.2 Å². The van der Waals surface area contributed by atoms with Crippen molar-refractivity contribution in [1.29, 1.82) is 0 Å². The van der Waals surface area contributed by atoms with E-state index in [1.807, 2.05) is 0 Å². The molecule has 0 bridgehead atoms. The average molecular weight is 274 g/mol. The van der Waals surface area contributed by atoms with Crippen LogP contribution in [0.25, 0.3) is 17.0 Å². The van der Waals surface area contributed by atoms with Crippen molar-refractivity contribution < 1.29 is 19.1 Å². The molecular weight excluding hydrogens is 260 g/mol. The van der Waals surface area contributed by atoms with Crippen molar-refractivity contribution in [3.63, 3.8) is 0 Å². The third-order valence-corrected chi connectivity index (χ3v) is 2.81. The number of fused-ring (bicyclic) bond motifs is 1. The third-order valence-electron chi connectivity index (χ3n) is 2.81. The van der Waals surface area contributed by atoms with E-state index in [4.69, 9.17) is 9.15 Å². The van der Waals surface area contributed by atoms with Crippen molar-refractivity contribution in [2.24, 2.45) is 0 Å². The molecule has 0 spiro atoms. The van der Waals surface area contributed by atoms with Crippen LogP contribution in [-0.4, -0.2) is 18.0 Å². The highest BCUT2D eigenvalue weighted by Crippen LogP contribution is 2.34. The molecule has 0 aliphatic rings. The Balaban J connectivity index is 2.92. The van der Waals surface area contributed by atoms with E-state index in [0.29, 0.717) is 17.1 Å². The number of methoxy groups -OCH3 is 1. The Bertz CT molecular complexity index is 768. The van der Waals surface area contributed by atoms with Crippen LogP contribution in [0, 0.1) is 6.92 Å². The molecule has 0 saturated carbocycles. The van der Waals surface area contributed by atoms with Crippen LogP contribution in [0.5, 0.6) is 11.5 Å². The van der Waals surface area contributed by atoms with Crippen molar-refractivity contribution in [2.75, 3.05) is 7.11 Å².